The first-order valence-electron chi connectivity index (χ1n) is 7.04. The quantitative estimate of drug-likeness (QED) is 0.462. The van der Waals surface area contributed by atoms with Crippen LogP contribution in [0.15, 0.2) is 67.8 Å². The van der Waals surface area contributed by atoms with Crippen LogP contribution in [0, 0.1) is 0 Å². The van der Waals surface area contributed by atoms with Gasteiger partial charge in [-0.2, -0.15) is 0 Å². The Morgan fingerprint density at radius 2 is 1.42 bits per heavy atom. The molecular weight excluding hydrogens is 308 g/mol. The normalized spacial score (nSPS) is 9.71. The molecule has 0 unspecified atom stereocenters. The maximum atomic E-state index is 11.3. The van der Waals surface area contributed by atoms with Crippen LogP contribution in [0.5, 0.6) is 17.2 Å². The van der Waals surface area contributed by atoms with Crippen LogP contribution in [0.3, 0.4) is 0 Å². The lowest BCUT2D eigenvalue weighted by Gasteiger charge is -2.10. The first kappa shape index (κ1) is 17.0. The van der Waals surface area contributed by atoms with E-state index in [0.717, 1.165) is 23.3 Å². The molecule has 0 aliphatic rings. The number of carbonyl (C=O) groups excluding carboxylic acids is 2. The van der Waals surface area contributed by atoms with Crippen LogP contribution in [-0.2, 0) is 9.59 Å². The Morgan fingerprint density at radius 1 is 0.833 bits per heavy atom. The number of methoxy groups -OCH3 is 1. The van der Waals surface area contributed by atoms with Gasteiger partial charge in [0, 0.05) is 12.2 Å². The van der Waals surface area contributed by atoms with Crippen molar-refractivity contribution in [2.45, 2.75) is 0 Å². The highest BCUT2D eigenvalue weighted by molar-refractivity contribution is 5.84. The average molecular weight is 324 g/mol. The number of ether oxygens (including phenoxy) is 3. The SMILES string of the molecule is C=CC(=O)Oc1ccc(-c2ccc(OC(=O)C=C)c(OC)c2)cc1. The molecule has 2 aromatic rings. The summed E-state index contributed by atoms with van der Waals surface area (Å²) in [6.45, 7) is 6.70. The zero-order chi connectivity index (χ0) is 17.5. The van der Waals surface area contributed by atoms with Crippen LogP contribution >= 0.6 is 0 Å². The molecule has 0 aliphatic carbocycles. The molecule has 2 rings (SSSR count). The van der Waals surface area contributed by atoms with Gasteiger partial charge in [-0.3, -0.25) is 0 Å². The summed E-state index contributed by atoms with van der Waals surface area (Å²) in [5.74, 6) is 0.0759. The van der Waals surface area contributed by atoms with Crippen LogP contribution < -0.4 is 14.2 Å². The van der Waals surface area contributed by atoms with Crippen molar-refractivity contribution in [1.29, 1.82) is 0 Å². The Kier molecular flexibility index (Phi) is 5.52. The van der Waals surface area contributed by atoms with Crippen LogP contribution in [0.2, 0.25) is 0 Å². The van der Waals surface area contributed by atoms with E-state index >= 15 is 0 Å². The molecule has 0 aromatic heterocycles. The Hall–Kier alpha value is -3.34. The van der Waals surface area contributed by atoms with Gasteiger partial charge in [0.2, 0.25) is 0 Å². The van der Waals surface area contributed by atoms with Gasteiger partial charge in [0.1, 0.15) is 5.75 Å². The van der Waals surface area contributed by atoms with E-state index in [1.54, 1.807) is 42.5 Å². The minimum absolute atomic E-state index is 0.308. The minimum atomic E-state index is -0.561. The molecule has 0 N–H and O–H groups in total. The topological polar surface area (TPSA) is 61.8 Å². The second kappa shape index (κ2) is 7.78. The molecule has 2 aromatic carbocycles. The number of carbonyl (C=O) groups is 2. The van der Waals surface area contributed by atoms with Gasteiger partial charge in [0.15, 0.2) is 11.5 Å². The van der Waals surface area contributed by atoms with Crippen LogP contribution in [-0.4, -0.2) is 19.0 Å². The van der Waals surface area contributed by atoms with Gasteiger partial charge in [0.25, 0.3) is 0 Å². The zero-order valence-electron chi connectivity index (χ0n) is 13.2. The van der Waals surface area contributed by atoms with E-state index < -0.39 is 11.9 Å². The summed E-state index contributed by atoms with van der Waals surface area (Å²) in [4.78, 5) is 22.5. The highest BCUT2D eigenvalue weighted by Gasteiger charge is 2.10. The van der Waals surface area contributed by atoms with Crippen LogP contribution in [0.25, 0.3) is 11.1 Å². The Labute approximate surface area is 139 Å². The van der Waals surface area contributed by atoms with Gasteiger partial charge in [-0.05, 0) is 35.4 Å². The van der Waals surface area contributed by atoms with Crippen LogP contribution in [0.4, 0.5) is 0 Å². The molecule has 24 heavy (non-hydrogen) atoms. The summed E-state index contributed by atoms with van der Waals surface area (Å²) in [5.41, 5.74) is 1.74. The molecule has 5 heteroatoms. The molecule has 0 saturated carbocycles. The van der Waals surface area contributed by atoms with Crippen molar-refractivity contribution in [1.82, 2.24) is 0 Å². The predicted octanol–water partition coefficient (Wildman–Crippen LogP) is 3.55. The fourth-order valence-electron chi connectivity index (χ4n) is 1.95. The molecule has 0 amide bonds. The van der Waals surface area contributed by atoms with E-state index in [1.807, 2.05) is 0 Å². The minimum Gasteiger partial charge on any atom is -0.493 e. The maximum Gasteiger partial charge on any atom is 0.335 e. The second-order valence-corrected chi connectivity index (χ2v) is 4.64. The summed E-state index contributed by atoms with van der Waals surface area (Å²) in [5, 5.41) is 0. The van der Waals surface area contributed by atoms with Crippen molar-refractivity contribution in [3.63, 3.8) is 0 Å². The van der Waals surface area contributed by atoms with E-state index in [9.17, 15) is 9.59 Å². The van der Waals surface area contributed by atoms with E-state index in [1.165, 1.54) is 7.11 Å². The Balaban J connectivity index is 2.25. The summed E-state index contributed by atoms with van der Waals surface area (Å²) >= 11 is 0. The lowest BCUT2D eigenvalue weighted by molar-refractivity contribution is -0.129. The smallest absolute Gasteiger partial charge is 0.335 e. The van der Waals surface area contributed by atoms with Gasteiger partial charge < -0.3 is 14.2 Å². The number of hydrogen-bond acceptors (Lipinski definition) is 5. The van der Waals surface area contributed by atoms with E-state index in [-0.39, 0.29) is 0 Å². The number of rotatable bonds is 6. The lowest BCUT2D eigenvalue weighted by atomic mass is 10.1. The molecule has 0 fully saturated rings. The van der Waals surface area contributed by atoms with Crippen molar-refractivity contribution < 1.29 is 23.8 Å². The third-order valence-corrected chi connectivity index (χ3v) is 3.11. The van der Waals surface area contributed by atoms with Gasteiger partial charge in [-0.15, -0.1) is 0 Å². The largest absolute Gasteiger partial charge is 0.493 e. The van der Waals surface area contributed by atoms with Crippen LogP contribution in [0.1, 0.15) is 0 Å². The molecule has 5 nitrogen and oxygen atoms in total. The van der Waals surface area contributed by atoms with Crippen molar-refractivity contribution in [2.24, 2.45) is 0 Å². The maximum absolute atomic E-state index is 11.3. The molecule has 0 saturated heterocycles. The van der Waals surface area contributed by atoms with Gasteiger partial charge in [-0.25, -0.2) is 9.59 Å². The molecule has 122 valence electrons. The third-order valence-electron chi connectivity index (χ3n) is 3.11. The highest BCUT2D eigenvalue weighted by atomic mass is 16.6. The van der Waals surface area contributed by atoms with E-state index in [2.05, 4.69) is 13.2 Å². The second-order valence-electron chi connectivity index (χ2n) is 4.64. The number of benzene rings is 2. The fourth-order valence-corrected chi connectivity index (χ4v) is 1.95. The summed E-state index contributed by atoms with van der Waals surface area (Å²) < 4.78 is 15.4. The molecule has 0 heterocycles. The first-order valence-corrected chi connectivity index (χ1v) is 7.04. The highest BCUT2D eigenvalue weighted by Crippen LogP contribution is 2.33. The fraction of sp³-hybridized carbons (Fsp3) is 0.0526. The average Bonchev–Trinajstić information content (AvgIpc) is 2.62. The van der Waals surface area contributed by atoms with Gasteiger partial charge in [0.05, 0.1) is 7.11 Å². The first-order chi connectivity index (χ1) is 11.6. The van der Waals surface area contributed by atoms with Crippen molar-refractivity contribution in [3.8, 4) is 28.4 Å². The van der Waals surface area contributed by atoms with E-state index in [0.29, 0.717) is 17.2 Å². The lowest BCUT2D eigenvalue weighted by Crippen LogP contribution is -2.04. The Bertz CT molecular complexity index is 775. The van der Waals surface area contributed by atoms with Gasteiger partial charge >= 0.3 is 11.9 Å². The standard InChI is InChI=1S/C19H16O5/c1-4-18(20)23-15-9-6-13(7-10-15)14-8-11-16(17(12-14)22-3)24-19(21)5-2/h4-12H,1-2H2,3H3. The van der Waals surface area contributed by atoms with E-state index in [4.69, 9.17) is 14.2 Å². The zero-order valence-corrected chi connectivity index (χ0v) is 13.2. The van der Waals surface area contributed by atoms with Crippen molar-refractivity contribution >= 4 is 11.9 Å². The molecule has 0 bridgehead atoms. The van der Waals surface area contributed by atoms with Crippen molar-refractivity contribution in [3.05, 3.63) is 67.8 Å². The third kappa shape index (κ3) is 4.10. The number of esters is 2. The molecular formula is C19H16O5. The molecule has 0 atom stereocenters. The molecule has 0 aliphatic heterocycles. The Morgan fingerprint density at radius 3 is 2.00 bits per heavy atom. The summed E-state index contributed by atoms with van der Waals surface area (Å²) in [6, 6.07) is 12.1. The predicted molar refractivity (Wildman–Crippen MR) is 90.1 cm³/mol. The van der Waals surface area contributed by atoms with Crippen molar-refractivity contribution in [2.75, 3.05) is 7.11 Å². The summed E-state index contributed by atoms with van der Waals surface area (Å²) in [6.07, 6.45) is 2.18. The van der Waals surface area contributed by atoms with Gasteiger partial charge in [-0.1, -0.05) is 31.4 Å². The monoisotopic (exact) mass is 324 g/mol. The molecule has 0 spiro atoms. The number of hydrogen-bond donors (Lipinski definition) is 0. The molecule has 0 radical (unpaired) electrons. The summed E-state index contributed by atoms with van der Waals surface area (Å²) in [7, 11) is 1.49.